The summed E-state index contributed by atoms with van der Waals surface area (Å²) in [6.07, 6.45) is 2.30. The fourth-order valence-electron chi connectivity index (χ4n) is 4.14. The van der Waals surface area contributed by atoms with E-state index in [0.29, 0.717) is 25.6 Å². The van der Waals surface area contributed by atoms with Gasteiger partial charge in [0, 0.05) is 51.9 Å². The molecule has 2 heterocycles. The van der Waals surface area contributed by atoms with Gasteiger partial charge in [0.2, 0.25) is 0 Å². The molecule has 26 heavy (non-hydrogen) atoms. The highest BCUT2D eigenvalue weighted by Gasteiger charge is 2.43. The summed E-state index contributed by atoms with van der Waals surface area (Å²) in [4.78, 5) is 19.5. The van der Waals surface area contributed by atoms with Crippen LogP contribution in [0.2, 0.25) is 0 Å². The number of β-amino-alcohol motifs (C(OH)–C–C–N with tert-alkyl or cyclic N) is 1. The van der Waals surface area contributed by atoms with Crippen molar-refractivity contribution in [1.82, 2.24) is 14.7 Å². The van der Waals surface area contributed by atoms with Gasteiger partial charge in [0.1, 0.15) is 0 Å². The number of carbonyl (C=O) groups is 1. The second-order valence-corrected chi connectivity index (χ2v) is 8.07. The molecule has 1 aromatic rings. The van der Waals surface area contributed by atoms with Gasteiger partial charge in [-0.1, -0.05) is 30.3 Å². The zero-order chi connectivity index (χ0) is 18.6. The summed E-state index contributed by atoms with van der Waals surface area (Å²) >= 11 is 0. The standard InChI is InChI=1S/C21H33N3O2/c1-18(2)23-15-13-22(14-16-23)17-21(26)10-6-11-24(20(21)25)12-9-19-7-4-3-5-8-19/h3-5,7-8,18,26H,6,9-17H2,1-2H3. The van der Waals surface area contributed by atoms with Crippen molar-refractivity contribution in [2.75, 3.05) is 45.8 Å². The third-order valence-corrected chi connectivity index (χ3v) is 5.84. The van der Waals surface area contributed by atoms with E-state index in [4.69, 9.17) is 0 Å². The maximum Gasteiger partial charge on any atom is 0.255 e. The van der Waals surface area contributed by atoms with Crippen LogP contribution in [0, 0.1) is 0 Å². The minimum absolute atomic E-state index is 0.0778. The third-order valence-electron chi connectivity index (χ3n) is 5.84. The van der Waals surface area contributed by atoms with E-state index in [2.05, 4.69) is 35.8 Å². The number of rotatable bonds is 6. The van der Waals surface area contributed by atoms with Gasteiger partial charge in [0.15, 0.2) is 5.60 Å². The van der Waals surface area contributed by atoms with E-state index >= 15 is 0 Å². The maximum absolute atomic E-state index is 13.0. The van der Waals surface area contributed by atoms with Gasteiger partial charge in [0.25, 0.3) is 5.91 Å². The minimum atomic E-state index is -1.21. The first kappa shape index (κ1) is 19.3. The number of nitrogens with zero attached hydrogens (tertiary/aromatic N) is 3. The average molecular weight is 360 g/mol. The summed E-state index contributed by atoms with van der Waals surface area (Å²) in [5, 5.41) is 11.1. The van der Waals surface area contributed by atoms with Crippen molar-refractivity contribution in [1.29, 1.82) is 0 Å². The lowest BCUT2D eigenvalue weighted by Gasteiger charge is -2.43. The molecular weight excluding hydrogens is 326 g/mol. The molecule has 5 nitrogen and oxygen atoms in total. The van der Waals surface area contributed by atoms with Crippen molar-refractivity contribution in [2.45, 2.75) is 44.8 Å². The number of hydrogen-bond acceptors (Lipinski definition) is 4. The van der Waals surface area contributed by atoms with Crippen LogP contribution in [0.3, 0.4) is 0 Å². The molecule has 2 saturated heterocycles. The van der Waals surface area contributed by atoms with Gasteiger partial charge in [-0.3, -0.25) is 14.6 Å². The minimum Gasteiger partial charge on any atom is -0.379 e. The Bertz CT molecular complexity index is 584. The number of hydrogen-bond donors (Lipinski definition) is 1. The second kappa shape index (κ2) is 8.51. The van der Waals surface area contributed by atoms with Crippen molar-refractivity contribution in [2.24, 2.45) is 0 Å². The molecule has 1 atom stereocenters. The van der Waals surface area contributed by atoms with Gasteiger partial charge in [-0.2, -0.15) is 0 Å². The zero-order valence-electron chi connectivity index (χ0n) is 16.2. The Morgan fingerprint density at radius 3 is 2.42 bits per heavy atom. The first-order valence-corrected chi connectivity index (χ1v) is 10.00. The number of carbonyl (C=O) groups excluding carboxylic acids is 1. The molecule has 0 aromatic heterocycles. The van der Waals surface area contributed by atoms with E-state index in [1.165, 1.54) is 5.56 Å². The van der Waals surface area contributed by atoms with E-state index in [9.17, 15) is 9.90 Å². The highest BCUT2D eigenvalue weighted by atomic mass is 16.3. The van der Waals surface area contributed by atoms with Crippen LogP contribution < -0.4 is 0 Å². The van der Waals surface area contributed by atoms with Crippen LogP contribution in [0.4, 0.5) is 0 Å². The predicted octanol–water partition coefficient (Wildman–Crippen LogP) is 1.61. The van der Waals surface area contributed by atoms with Gasteiger partial charge in [-0.25, -0.2) is 0 Å². The Hall–Kier alpha value is -1.43. The largest absolute Gasteiger partial charge is 0.379 e. The Labute approximate surface area is 157 Å². The molecule has 2 aliphatic rings. The quantitative estimate of drug-likeness (QED) is 0.838. The molecule has 1 amide bonds. The van der Waals surface area contributed by atoms with Crippen molar-refractivity contribution >= 4 is 5.91 Å². The summed E-state index contributed by atoms with van der Waals surface area (Å²) in [5.74, 6) is -0.0778. The molecular formula is C21H33N3O2. The molecule has 3 rings (SSSR count). The Morgan fingerprint density at radius 1 is 1.08 bits per heavy atom. The molecule has 2 fully saturated rings. The van der Waals surface area contributed by atoms with E-state index in [1.807, 2.05) is 23.1 Å². The van der Waals surface area contributed by atoms with Crippen LogP contribution in [-0.2, 0) is 11.2 Å². The summed E-state index contributed by atoms with van der Waals surface area (Å²) in [6.45, 7) is 10.2. The van der Waals surface area contributed by atoms with E-state index in [0.717, 1.165) is 45.6 Å². The zero-order valence-corrected chi connectivity index (χ0v) is 16.2. The van der Waals surface area contributed by atoms with Crippen molar-refractivity contribution in [3.05, 3.63) is 35.9 Å². The van der Waals surface area contributed by atoms with Crippen molar-refractivity contribution < 1.29 is 9.90 Å². The molecule has 5 heteroatoms. The second-order valence-electron chi connectivity index (χ2n) is 8.07. The topological polar surface area (TPSA) is 47.0 Å². The lowest BCUT2D eigenvalue weighted by Crippen LogP contribution is -2.61. The molecule has 0 aliphatic carbocycles. The number of aliphatic hydroxyl groups is 1. The molecule has 1 aromatic carbocycles. The Balaban J connectivity index is 1.54. The molecule has 2 aliphatic heterocycles. The third kappa shape index (κ3) is 4.64. The van der Waals surface area contributed by atoms with Crippen LogP contribution in [0.5, 0.6) is 0 Å². The molecule has 0 saturated carbocycles. The number of piperidine rings is 1. The van der Waals surface area contributed by atoms with E-state index in [-0.39, 0.29) is 5.91 Å². The molecule has 0 radical (unpaired) electrons. The van der Waals surface area contributed by atoms with Gasteiger partial charge in [0.05, 0.1) is 0 Å². The SMILES string of the molecule is CC(C)N1CCN(CC2(O)CCCN(CCc3ccccc3)C2=O)CC1. The van der Waals surface area contributed by atoms with Gasteiger partial charge < -0.3 is 10.0 Å². The molecule has 1 N–H and O–H groups in total. The first-order valence-electron chi connectivity index (χ1n) is 10.00. The smallest absolute Gasteiger partial charge is 0.255 e. The monoisotopic (exact) mass is 359 g/mol. The van der Waals surface area contributed by atoms with Crippen LogP contribution in [-0.4, -0.2) is 83.2 Å². The van der Waals surface area contributed by atoms with Gasteiger partial charge >= 0.3 is 0 Å². The molecule has 0 spiro atoms. The molecule has 144 valence electrons. The van der Waals surface area contributed by atoms with Gasteiger partial charge in [-0.05, 0) is 38.7 Å². The fraction of sp³-hybridized carbons (Fsp3) is 0.667. The summed E-state index contributed by atoms with van der Waals surface area (Å²) in [7, 11) is 0. The number of likely N-dealkylation sites (tertiary alicyclic amines) is 1. The lowest BCUT2D eigenvalue weighted by atomic mass is 9.90. The average Bonchev–Trinajstić information content (AvgIpc) is 2.64. The van der Waals surface area contributed by atoms with Gasteiger partial charge in [-0.15, -0.1) is 0 Å². The van der Waals surface area contributed by atoms with Crippen molar-refractivity contribution in [3.8, 4) is 0 Å². The number of piperazine rings is 1. The first-order chi connectivity index (χ1) is 12.5. The van der Waals surface area contributed by atoms with Crippen LogP contribution in [0.1, 0.15) is 32.3 Å². The maximum atomic E-state index is 13.0. The number of benzene rings is 1. The normalized spacial score (nSPS) is 25.8. The number of amides is 1. The Morgan fingerprint density at radius 2 is 1.77 bits per heavy atom. The van der Waals surface area contributed by atoms with Crippen LogP contribution in [0.15, 0.2) is 30.3 Å². The summed E-state index contributed by atoms with van der Waals surface area (Å²) in [6, 6.07) is 10.8. The highest BCUT2D eigenvalue weighted by molar-refractivity contribution is 5.86. The van der Waals surface area contributed by atoms with Crippen molar-refractivity contribution in [3.63, 3.8) is 0 Å². The summed E-state index contributed by atoms with van der Waals surface area (Å²) < 4.78 is 0. The van der Waals surface area contributed by atoms with E-state index in [1.54, 1.807) is 0 Å². The predicted molar refractivity (Wildman–Crippen MR) is 104 cm³/mol. The molecule has 0 bridgehead atoms. The van der Waals surface area contributed by atoms with Crippen LogP contribution in [0.25, 0.3) is 0 Å². The van der Waals surface area contributed by atoms with E-state index < -0.39 is 5.60 Å². The fourth-order valence-corrected chi connectivity index (χ4v) is 4.14. The summed E-state index contributed by atoms with van der Waals surface area (Å²) in [5.41, 5.74) is 0.0220. The lowest BCUT2D eigenvalue weighted by molar-refractivity contribution is -0.160. The Kier molecular flexibility index (Phi) is 6.33. The van der Waals surface area contributed by atoms with Crippen LogP contribution >= 0.6 is 0 Å². The molecule has 1 unspecified atom stereocenters. The highest BCUT2D eigenvalue weighted by Crippen LogP contribution is 2.25.